The number of nitrogens with zero attached hydrogens (tertiary/aromatic N) is 1. The molecule has 0 saturated carbocycles. The van der Waals surface area contributed by atoms with Crippen LogP contribution in [0.25, 0.3) is 0 Å². The Morgan fingerprint density at radius 1 is 1.44 bits per heavy atom. The standard InChI is InChI=1S/C11H17ClN2O3S/c1-13-6-7-14(2)18(15,16)11-5-4-9(12)8-10(11)17-3/h4-5,8,13H,6-7H2,1-3H3. The van der Waals surface area contributed by atoms with Gasteiger partial charge in [0.2, 0.25) is 10.0 Å². The lowest BCUT2D eigenvalue weighted by molar-refractivity contribution is 0.398. The van der Waals surface area contributed by atoms with Gasteiger partial charge in [0, 0.05) is 31.2 Å². The van der Waals surface area contributed by atoms with E-state index in [1.807, 2.05) is 0 Å². The Labute approximate surface area is 113 Å². The summed E-state index contributed by atoms with van der Waals surface area (Å²) in [4.78, 5) is 0.119. The van der Waals surface area contributed by atoms with E-state index in [9.17, 15) is 8.42 Å². The second kappa shape index (κ2) is 6.38. The van der Waals surface area contributed by atoms with Crippen LogP contribution in [0.2, 0.25) is 5.02 Å². The van der Waals surface area contributed by atoms with E-state index in [4.69, 9.17) is 16.3 Å². The van der Waals surface area contributed by atoms with E-state index in [1.54, 1.807) is 7.05 Å². The van der Waals surface area contributed by atoms with Crippen molar-refractivity contribution < 1.29 is 13.2 Å². The summed E-state index contributed by atoms with van der Waals surface area (Å²) in [6.07, 6.45) is 0. The summed E-state index contributed by atoms with van der Waals surface area (Å²) < 4.78 is 30.9. The number of hydrogen-bond donors (Lipinski definition) is 1. The molecule has 0 fully saturated rings. The first-order valence-corrected chi connectivity index (χ1v) is 7.19. The summed E-state index contributed by atoms with van der Waals surface area (Å²) in [7, 11) is 1.15. The van der Waals surface area contributed by atoms with Gasteiger partial charge in [0.25, 0.3) is 0 Å². The molecule has 0 aliphatic carbocycles. The predicted molar refractivity (Wildman–Crippen MR) is 71.7 cm³/mol. The molecule has 18 heavy (non-hydrogen) atoms. The van der Waals surface area contributed by atoms with Crippen LogP contribution in [0, 0.1) is 0 Å². The maximum absolute atomic E-state index is 12.3. The quantitative estimate of drug-likeness (QED) is 0.856. The van der Waals surface area contributed by atoms with Gasteiger partial charge in [-0.2, -0.15) is 4.31 Å². The Morgan fingerprint density at radius 2 is 2.11 bits per heavy atom. The predicted octanol–water partition coefficient (Wildman–Crippen LogP) is 1.19. The molecule has 0 bridgehead atoms. The smallest absolute Gasteiger partial charge is 0.246 e. The lowest BCUT2D eigenvalue weighted by Gasteiger charge is -2.18. The van der Waals surface area contributed by atoms with Gasteiger partial charge in [-0.25, -0.2) is 8.42 Å². The number of sulfonamides is 1. The van der Waals surface area contributed by atoms with Gasteiger partial charge in [-0.3, -0.25) is 0 Å². The zero-order valence-corrected chi connectivity index (χ0v) is 12.2. The van der Waals surface area contributed by atoms with Crippen molar-refractivity contribution in [1.82, 2.24) is 9.62 Å². The Morgan fingerprint density at radius 3 is 2.67 bits per heavy atom. The van der Waals surface area contributed by atoms with E-state index in [0.717, 1.165) is 0 Å². The van der Waals surface area contributed by atoms with Crippen molar-refractivity contribution in [2.45, 2.75) is 4.90 Å². The van der Waals surface area contributed by atoms with Crippen molar-refractivity contribution >= 4 is 21.6 Å². The molecule has 0 unspecified atom stereocenters. The van der Waals surface area contributed by atoms with Crippen molar-refractivity contribution in [1.29, 1.82) is 0 Å². The van der Waals surface area contributed by atoms with E-state index in [0.29, 0.717) is 18.1 Å². The van der Waals surface area contributed by atoms with Crippen LogP contribution in [0.1, 0.15) is 0 Å². The Bertz CT molecular complexity index is 505. The lowest BCUT2D eigenvalue weighted by Crippen LogP contribution is -2.33. The number of halogens is 1. The maximum Gasteiger partial charge on any atom is 0.246 e. The molecular weight excluding hydrogens is 276 g/mol. The Hall–Kier alpha value is -0.820. The van der Waals surface area contributed by atoms with Crippen molar-refractivity contribution in [3.63, 3.8) is 0 Å². The van der Waals surface area contributed by atoms with E-state index >= 15 is 0 Å². The largest absolute Gasteiger partial charge is 0.495 e. The molecule has 102 valence electrons. The summed E-state index contributed by atoms with van der Waals surface area (Å²) in [5, 5.41) is 3.34. The highest BCUT2D eigenvalue weighted by Crippen LogP contribution is 2.28. The molecule has 0 radical (unpaired) electrons. The molecule has 5 nitrogen and oxygen atoms in total. The molecular formula is C11H17ClN2O3S. The van der Waals surface area contributed by atoms with Crippen LogP contribution in [0.4, 0.5) is 0 Å². The third kappa shape index (κ3) is 3.35. The van der Waals surface area contributed by atoms with Crippen molar-refractivity contribution in [3.8, 4) is 5.75 Å². The number of likely N-dealkylation sites (N-methyl/N-ethyl adjacent to an activating group) is 2. The van der Waals surface area contributed by atoms with Crippen LogP contribution in [0.15, 0.2) is 23.1 Å². The summed E-state index contributed by atoms with van der Waals surface area (Å²) in [6, 6.07) is 4.47. The zero-order chi connectivity index (χ0) is 13.8. The average molecular weight is 293 g/mol. The number of ether oxygens (including phenoxy) is 1. The fourth-order valence-corrected chi connectivity index (χ4v) is 2.88. The van der Waals surface area contributed by atoms with Crippen LogP contribution >= 0.6 is 11.6 Å². The number of rotatable bonds is 6. The zero-order valence-electron chi connectivity index (χ0n) is 10.6. The topological polar surface area (TPSA) is 58.6 Å². The van der Waals surface area contributed by atoms with E-state index < -0.39 is 10.0 Å². The monoisotopic (exact) mass is 292 g/mol. The minimum atomic E-state index is -3.56. The van der Waals surface area contributed by atoms with Gasteiger partial charge >= 0.3 is 0 Å². The minimum absolute atomic E-state index is 0.119. The molecule has 0 aromatic heterocycles. The van der Waals surface area contributed by atoms with Gasteiger partial charge in [-0.1, -0.05) is 11.6 Å². The van der Waals surface area contributed by atoms with Gasteiger partial charge < -0.3 is 10.1 Å². The molecule has 1 rings (SSSR count). The van der Waals surface area contributed by atoms with Gasteiger partial charge in [-0.05, 0) is 19.2 Å². The third-order valence-corrected chi connectivity index (χ3v) is 4.62. The highest BCUT2D eigenvalue weighted by atomic mass is 35.5. The summed E-state index contributed by atoms with van der Waals surface area (Å²) in [6.45, 7) is 0.955. The first kappa shape index (κ1) is 15.2. The number of methoxy groups -OCH3 is 1. The van der Waals surface area contributed by atoms with E-state index in [1.165, 1.54) is 36.7 Å². The molecule has 1 N–H and O–H groups in total. The highest BCUT2D eigenvalue weighted by molar-refractivity contribution is 7.89. The highest BCUT2D eigenvalue weighted by Gasteiger charge is 2.24. The fourth-order valence-electron chi connectivity index (χ4n) is 1.41. The van der Waals surface area contributed by atoms with Crippen molar-refractivity contribution in [2.24, 2.45) is 0 Å². The Balaban J connectivity index is 3.12. The van der Waals surface area contributed by atoms with Gasteiger partial charge in [0.05, 0.1) is 7.11 Å². The fraction of sp³-hybridized carbons (Fsp3) is 0.455. The first-order valence-electron chi connectivity index (χ1n) is 5.38. The summed E-state index contributed by atoms with van der Waals surface area (Å²) >= 11 is 5.81. The molecule has 0 atom stereocenters. The number of hydrogen-bond acceptors (Lipinski definition) is 4. The molecule has 1 aromatic rings. The molecule has 0 heterocycles. The molecule has 0 aliphatic heterocycles. The Kier molecular flexibility index (Phi) is 5.40. The molecule has 0 spiro atoms. The van der Waals surface area contributed by atoms with Crippen LogP contribution in [0.5, 0.6) is 5.75 Å². The molecule has 0 aliphatic rings. The number of nitrogens with one attached hydrogen (secondary N) is 1. The first-order chi connectivity index (χ1) is 8.43. The van der Waals surface area contributed by atoms with Crippen LogP contribution in [-0.2, 0) is 10.0 Å². The molecule has 7 heteroatoms. The van der Waals surface area contributed by atoms with Crippen LogP contribution in [-0.4, -0.2) is 47.0 Å². The van der Waals surface area contributed by atoms with Gasteiger partial charge in [0.1, 0.15) is 10.6 Å². The van der Waals surface area contributed by atoms with Gasteiger partial charge in [-0.15, -0.1) is 0 Å². The molecule has 0 amide bonds. The minimum Gasteiger partial charge on any atom is -0.495 e. The molecule has 1 aromatic carbocycles. The van der Waals surface area contributed by atoms with E-state index in [-0.39, 0.29) is 10.6 Å². The second-order valence-electron chi connectivity index (χ2n) is 3.73. The van der Waals surface area contributed by atoms with Crippen molar-refractivity contribution in [3.05, 3.63) is 23.2 Å². The summed E-state index contributed by atoms with van der Waals surface area (Å²) in [5.74, 6) is 0.249. The second-order valence-corrected chi connectivity index (χ2v) is 6.18. The third-order valence-electron chi connectivity index (χ3n) is 2.49. The van der Waals surface area contributed by atoms with Crippen LogP contribution in [0.3, 0.4) is 0 Å². The lowest BCUT2D eigenvalue weighted by atomic mass is 10.3. The summed E-state index contributed by atoms with van der Waals surface area (Å²) in [5.41, 5.74) is 0. The van der Waals surface area contributed by atoms with Crippen LogP contribution < -0.4 is 10.1 Å². The van der Waals surface area contributed by atoms with Crippen molar-refractivity contribution in [2.75, 3.05) is 34.3 Å². The average Bonchev–Trinajstić information content (AvgIpc) is 2.35. The number of benzene rings is 1. The van der Waals surface area contributed by atoms with E-state index in [2.05, 4.69) is 5.32 Å². The maximum atomic E-state index is 12.3. The normalized spacial score (nSPS) is 11.8. The molecule has 0 saturated heterocycles. The SMILES string of the molecule is CNCCN(C)S(=O)(=O)c1ccc(Cl)cc1OC. The van der Waals surface area contributed by atoms with Gasteiger partial charge in [0.15, 0.2) is 0 Å².